The van der Waals surface area contributed by atoms with Gasteiger partial charge in [-0.2, -0.15) is 0 Å². The molecule has 1 aromatic carbocycles. The molecule has 20 heavy (non-hydrogen) atoms. The van der Waals surface area contributed by atoms with Crippen LogP contribution >= 0.6 is 11.3 Å². The number of aromatic nitrogens is 1. The molecule has 0 radical (unpaired) electrons. The molecule has 0 spiro atoms. The monoisotopic (exact) mass is 316 g/mol. The summed E-state index contributed by atoms with van der Waals surface area (Å²) >= 11 is 0.715. The number of carboxylic acid groups (broad SMARTS) is 1. The quantitative estimate of drug-likeness (QED) is 0.929. The Morgan fingerprint density at radius 1 is 1.35 bits per heavy atom. The molecule has 0 unspecified atom stereocenters. The summed E-state index contributed by atoms with van der Waals surface area (Å²) in [6.45, 7) is 0. The molecule has 0 aliphatic rings. The van der Waals surface area contributed by atoms with Crippen LogP contribution in [-0.4, -0.2) is 31.5 Å². The number of benzene rings is 1. The van der Waals surface area contributed by atoms with E-state index in [1.807, 2.05) is 0 Å². The Morgan fingerprint density at radius 2 is 1.95 bits per heavy atom. The molecular formula is C11H9FN2O4S2. The summed E-state index contributed by atoms with van der Waals surface area (Å²) in [4.78, 5) is 14.5. The first-order valence-corrected chi connectivity index (χ1v) is 7.57. The SMILES string of the molecule is CN(c1ccc(F)cc1)S(=O)(=O)c1scnc1C(=O)O. The summed E-state index contributed by atoms with van der Waals surface area (Å²) in [6, 6.07) is 4.81. The minimum atomic E-state index is -4.05. The van der Waals surface area contributed by atoms with Crippen LogP contribution in [0.5, 0.6) is 0 Å². The van der Waals surface area contributed by atoms with Crippen LogP contribution < -0.4 is 4.31 Å². The fourth-order valence-corrected chi connectivity index (χ4v) is 3.96. The Kier molecular flexibility index (Phi) is 3.73. The molecule has 0 saturated carbocycles. The maximum atomic E-state index is 12.8. The number of halogens is 1. The van der Waals surface area contributed by atoms with Gasteiger partial charge < -0.3 is 5.11 Å². The summed E-state index contributed by atoms with van der Waals surface area (Å²) in [5.41, 5.74) is 0.842. The van der Waals surface area contributed by atoms with Crippen molar-refractivity contribution in [2.75, 3.05) is 11.4 Å². The van der Waals surface area contributed by atoms with Crippen molar-refractivity contribution in [1.29, 1.82) is 0 Å². The number of thiazole rings is 1. The van der Waals surface area contributed by atoms with Gasteiger partial charge in [-0.05, 0) is 24.3 Å². The Labute approximate surface area is 118 Å². The minimum absolute atomic E-state index is 0.219. The Morgan fingerprint density at radius 3 is 2.50 bits per heavy atom. The number of sulfonamides is 1. The van der Waals surface area contributed by atoms with Crippen LogP contribution in [0.3, 0.4) is 0 Å². The van der Waals surface area contributed by atoms with E-state index >= 15 is 0 Å². The van der Waals surface area contributed by atoms with Crippen molar-refractivity contribution in [2.45, 2.75) is 4.21 Å². The highest BCUT2D eigenvalue weighted by Crippen LogP contribution is 2.27. The van der Waals surface area contributed by atoms with E-state index in [0.29, 0.717) is 11.3 Å². The highest BCUT2D eigenvalue weighted by molar-refractivity contribution is 7.94. The molecule has 2 aromatic rings. The lowest BCUT2D eigenvalue weighted by molar-refractivity contribution is 0.0687. The van der Waals surface area contributed by atoms with Crippen molar-refractivity contribution in [1.82, 2.24) is 4.98 Å². The Balaban J connectivity index is 2.47. The van der Waals surface area contributed by atoms with Gasteiger partial charge in [0.05, 0.1) is 11.2 Å². The minimum Gasteiger partial charge on any atom is -0.476 e. The van der Waals surface area contributed by atoms with E-state index in [1.54, 1.807) is 0 Å². The second kappa shape index (κ2) is 5.17. The van der Waals surface area contributed by atoms with E-state index in [-0.39, 0.29) is 9.90 Å². The fourth-order valence-electron chi connectivity index (χ4n) is 1.48. The number of carbonyl (C=O) groups is 1. The van der Waals surface area contributed by atoms with Gasteiger partial charge in [-0.25, -0.2) is 22.6 Å². The van der Waals surface area contributed by atoms with Gasteiger partial charge >= 0.3 is 5.97 Å². The zero-order chi connectivity index (χ0) is 14.9. The van der Waals surface area contributed by atoms with Crippen molar-refractivity contribution in [3.8, 4) is 0 Å². The van der Waals surface area contributed by atoms with E-state index in [0.717, 1.165) is 21.9 Å². The van der Waals surface area contributed by atoms with Crippen LogP contribution in [0.25, 0.3) is 0 Å². The smallest absolute Gasteiger partial charge is 0.356 e. The standard InChI is InChI=1S/C11H9FN2O4S2/c1-14(8-4-2-7(12)3-5-8)20(17,18)11-9(10(15)16)13-6-19-11/h2-6H,1H3,(H,15,16). The molecule has 2 rings (SSSR count). The van der Waals surface area contributed by atoms with Gasteiger partial charge in [0, 0.05) is 7.05 Å². The second-order valence-corrected chi connectivity index (χ2v) is 6.76. The third-order valence-corrected chi connectivity index (χ3v) is 5.66. The molecule has 1 heterocycles. The van der Waals surface area contributed by atoms with Gasteiger partial charge in [0.25, 0.3) is 10.0 Å². The number of aromatic carboxylic acids is 1. The fraction of sp³-hybridized carbons (Fsp3) is 0.0909. The maximum absolute atomic E-state index is 12.8. The molecule has 0 atom stereocenters. The Bertz CT molecular complexity index is 740. The zero-order valence-electron chi connectivity index (χ0n) is 10.1. The molecule has 106 valence electrons. The van der Waals surface area contributed by atoms with Gasteiger partial charge in [0.15, 0.2) is 9.90 Å². The predicted molar refractivity (Wildman–Crippen MR) is 71.1 cm³/mol. The van der Waals surface area contributed by atoms with Gasteiger partial charge in [-0.15, -0.1) is 11.3 Å². The van der Waals surface area contributed by atoms with Crippen LogP contribution in [0.1, 0.15) is 10.5 Å². The molecule has 0 bridgehead atoms. The lowest BCUT2D eigenvalue weighted by atomic mass is 10.3. The molecule has 0 aliphatic carbocycles. The molecule has 0 saturated heterocycles. The van der Waals surface area contributed by atoms with Crippen molar-refractivity contribution in [3.63, 3.8) is 0 Å². The van der Waals surface area contributed by atoms with E-state index in [1.165, 1.54) is 19.2 Å². The number of hydrogen-bond acceptors (Lipinski definition) is 5. The predicted octanol–water partition coefficient (Wildman–Crippen LogP) is 1.81. The van der Waals surface area contributed by atoms with E-state index in [4.69, 9.17) is 5.11 Å². The Hall–Kier alpha value is -2.00. The van der Waals surface area contributed by atoms with Gasteiger partial charge in [0.1, 0.15) is 5.82 Å². The number of nitrogens with zero attached hydrogens (tertiary/aromatic N) is 2. The maximum Gasteiger partial charge on any atom is 0.356 e. The van der Waals surface area contributed by atoms with Gasteiger partial charge in [-0.1, -0.05) is 0 Å². The van der Waals surface area contributed by atoms with Crippen molar-refractivity contribution in [3.05, 3.63) is 41.3 Å². The normalized spacial score (nSPS) is 11.3. The lowest BCUT2D eigenvalue weighted by Gasteiger charge is -2.18. The first-order chi connectivity index (χ1) is 9.34. The number of carboxylic acids is 1. The van der Waals surface area contributed by atoms with Gasteiger partial charge in [0.2, 0.25) is 0 Å². The molecule has 1 aromatic heterocycles. The largest absolute Gasteiger partial charge is 0.476 e. The van der Waals surface area contributed by atoms with E-state index in [2.05, 4.69) is 4.98 Å². The first kappa shape index (κ1) is 14.4. The summed E-state index contributed by atoms with van der Waals surface area (Å²) in [5.74, 6) is -1.92. The number of rotatable bonds is 4. The highest BCUT2D eigenvalue weighted by atomic mass is 32.2. The summed E-state index contributed by atoms with van der Waals surface area (Å²) in [5, 5.41) is 8.92. The zero-order valence-corrected chi connectivity index (χ0v) is 11.8. The van der Waals surface area contributed by atoms with E-state index in [9.17, 15) is 17.6 Å². The van der Waals surface area contributed by atoms with Crippen molar-refractivity contribution >= 4 is 33.0 Å². The van der Waals surface area contributed by atoms with E-state index < -0.39 is 27.5 Å². The molecular weight excluding hydrogens is 307 g/mol. The number of hydrogen-bond donors (Lipinski definition) is 1. The van der Waals surface area contributed by atoms with Crippen LogP contribution in [-0.2, 0) is 10.0 Å². The van der Waals surface area contributed by atoms with Crippen LogP contribution in [0.15, 0.2) is 34.0 Å². The average molecular weight is 316 g/mol. The average Bonchev–Trinajstić information content (AvgIpc) is 2.89. The lowest BCUT2D eigenvalue weighted by Crippen LogP contribution is -2.27. The molecule has 9 heteroatoms. The van der Waals surface area contributed by atoms with Gasteiger partial charge in [-0.3, -0.25) is 4.31 Å². The van der Waals surface area contributed by atoms with Crippen LogP contribution in [0, 0.1) is 5.82 Å². The molecule has 6 nitrogen and oxygen atoms in total. The molecule has 1 N–H and O–H groups in total. The summed E-state index contributed by atoms with van der Waals surface area (Å²) in [7, 11) is -2.79. The summed E-state index contributed by atoms with van der Waals surface area (Å²) < 4.78 is 38.0. The second-order valence-electron chi connectivity index (χ2n) is 3.74. The van der Waals surface area contributed by atoms with Crippen LogP contribution in [0.2, 0.25) is 0 Å². The molecule has 0 aliphatic heterocycles. The number of anilines is 1. The summed E-state index contributed by atoms with van der Waals surface area (Å²) in [6.07, 6.45) is 0. The van der Waals surface area contributed by atoms with Crippen molar-refractivity contribution in [2.24, 2.45) is 0 Å². The molecule has 0 amide bonds. The molecule has 0 fully saturated rings. The topological polar surface area (TPSA) is 87.6 Å². The third kappa shape index (κ3) is 2.49. The third-order valence-electron chi connectivity index (χ3n) is 2.52. The highest BCUT2D eigenvalue weighted by Gasteiger charge is 2.29. The van der Waals surface area contributed by atoms with Crippen molar-refractivity contribution < 1.29 is 22.7 Å². The first-order valence-electron chi connectivity index (χ1n) is 5.25. The van der Waals surface area contributed by atoms with Crippen LogP contribution in [0.4, 0.5) is 10.1 Å².